The molecular formula is C13H14NRu. The van der Waals surface area contributed by atoms with Gasteiger partial charge in [0.05, 0.1) is 0 Å². The molecule has 15 heavy (non-hydrogen) atoms. The van der Waals surface area contributed by atoms with Gasteiger partial charge in [-0.05, 0) is 11.8 Å². The maximum absolute atomic E-state index is 4.22. The van der Waals surface area contributed by atoms with Gasteiger partial charge in [-0.1, -0.05) is 12.1 Å². The maximum Gasteiger partial charge on any atom is 3.00 e. The first-order valence-corrected chi connectivity index (χ1v) is 3.85. The summed E-state index contributed by atoms with van der Waals surface area (Å²) in [6, 6.07) is 16.8. The van der Waals surface area contributed by atoms with E-state index in [-0.39, 0.29) is 34.3 Å². The van der Waals surface area contributed by atoms with E-state index in [2.05, 4.69) is 11.1 Å². The SMILES string of the molecule is [CH3-].[CH3-].[Ru+3].[c-]1ccccc1-c1ccccn1. The third kappa shape index (κ3) is 4.35. The quantitative estimate of drug-likeness (QED) is 0.578. The van der Waals surface area contributed by atoms with Gasteiger partial charge in [0.2, 0.25) is 0 Å². The van der Waals surface area contributed by atoms with Gasteiger partial charge in [0.15, 0.2) is 0 Å². The van der Waals surface area contributed by atoms with E-state index in [0.29, 0.717) is 0 Å². The minimum atomic E-state index is 0. The molecule has 1 radical (unpaired) electrons. The van der Waals surface area contributed by atoms with Crippen molar-refractivity contribution in [3.8, 4) is 11.3 Å². The van der Waals surface area contributed by atoms with Crippen molar-refractivity contribution < 1.29 is 19.5 Å². The van der Waals surface area contributed by atoms with Crippen LogP contribution in [0.25, 0.3) is 11.3 Å². The van der Waals surface area contributed by atoms with Gasteiger partial charge >= 0.3 is 19.5 Å². The molecule has 0 aliphatic carbocycles. The fourth-order valence-corrected chi connectivity index (χ4v) is 1.07. The Hall–Kier alpha value is -1.01. The Morgan fingerprint density at radius 1 is 0.933 bits per heavy atom. The van der Waals surface area contributed by atoms with Gasteiger partial charge in [-0.15, -0.1) is 35.9 Å². The van der Waals surface area contributed by atoms with E-state index >= 15 is 0 Å². The predicted molar refractivity (Wildman–Crippen MR) is 61.3 cm³/mol. The Bertz CT molecular complexity index is 308. The van der Waals surface area contributed by atoms with Crippen molar-refractivity contribution in [2.75, 3.05) is 0 Å². The standard InChI is InChI=1S/C11H8N.2CH3.Ru/c1-2-6-10(7-3-1)11-8-4-5-9-12-11;;;/h1-6,8-9H;2*1H3;/q3*-1;+3. The second-order valence-electron chi connectivity index (χ2n) is 2.49. The molecule has 0 unspecified atom stereocenters. The zero-order chi connectivity index (χ0) is 8.23. The van der Waals surface area contributed by atoms with E-state index in [1.54, 1.807) is 6.20 Å². The minimum Gasteiger partial charge on any atom is -0.358 e. The zero-order valence-corrected chi connectivity index (χ0v) is 10.7. The van der Waals surface area contributed by atoms with Gasteiger partial charge in [0.25, 0.3) is 0 Å². The second-order valence-corrected chi connectivity index (χ2v) is 2.49. The van der Waals surface area contributed by atoms with Crippen LogP contribution in [0.2, 0.25) is 0 Å². The number of pyridine rings is 1. The normalized spacial score (nSPS) is 7.73. The van der Waals surface area contributed by atoms with Crippen LogP contribution in [0, 0.1) is 20.9 Å². The van der Waals surface area contributed by atoms with Gasteiger partial charge in [0.1, 0.15) is 0 Å². The number of benzene rings is 1. The Morgan fingerprint density at radius 2 is 1.67 bits per heavy atom. The van der Waals surface area contributed by atoms with E-state index in [4.69, 9.17) is 0 Å². The molecule has 1 aromatic carbocycles. The van der Waals surface area contributed by atoms with Crippen molar-refractivity contribution in [2.24, 2.45) is 0 Å². The van der Waals surface area contributed by atoms with Gasteiger partial charge in [-0.25, -0.2) is 0 Å². The van der Waals surface area contributed by atoms with Crippen LogP contribution in [-0.4, -0.2) is 4.98 Å². The molecule has 2 aromatic rings. The summed E-state index contributed by atoms with van der Waals surface area (Å²) < 4.78 is 0. The fraction of sp³-hybridized carbons (Fsp3) is 0. The first-order chi connectivity index (χ1) is 5.97. The molecule has 1 aromatic heterocycles. The molecule has 2 rings (SSSR count). The molecule has 2 heteroatoms. The van der Waals surface area contributed by atoms with Crippen molar-refractivity contribution in [3.63, 3.8) is 0 Å². The van der Waals surface area contributed by atoms with Crippen LogP contribution >= 0.6 is 0 Å². The van der Waals surface area contributed by atoms with Crippen LogP contribution in [0.15, 0.2) is 48.7 Å². The second kappa shape index (κ2) is 8.31. The van der Waals surface area contributed by atoms with Crippen molar-refractivity contribution >= 4 is 0 Å². The van der Waals surface area contributed by atoms with Crippen LogP contribution in [0.1, 0.15) is 0 Å². The van der Waals surface area contributed by atoms with Crippen LogP contribution in [0.5, 0.6) is 0 Å². The molecule has 0 amide bonds. The predicted octanol–water partition coefficient (Wildman–Crippen LogP) is 3.45. The molecule has 0 spiro atoms. The first-order valence-electron chi connectivity index (χ1n) is 3.85. The first kappa shape index (κ1) is 16.4. The van der Waals surface area contributed by atoms with E-state index in [1.807, 2.05) is 42.5 Å². The Kier molecular flexibility index (Phi) is 9.10. The van der Waals surface area contributed by atoms with E-state index < -0.39 is 0 Å². The van der Waals surface area contributed by atoms with Crippen molar-refractivity contribution in [2.45, 2.75) is 0 Å². The summed E-state index contributed by atoms with van der Waals surface area (Å²) in [6.45, 7) is 0. The number of rotatable bonds is 1. The molecule has 0 bridgehead atoms. The Labute approximate surface area is 105 Å². The zero-order valence-electron chi connectivity index (χ0n) is 8.92. The molecule has 0 saturated heterocycles. The largest absolute Gasteiger partial charge is 3.00 e. The third-order valence-corrected chi connectivity index (χ3v) is 1.65. The molecule has 0 aliphatic rings. The molecule has 0 fully saturated rings. The Morgan fingerprint density at radius 3 is 2.20 bits per heavy atom. The topological polar surface area (TPSA) is 12.9 Å². The molecular weight excluding hydrogens is 271 g/mol. The van der Waals surface area contributed by atoms with E-state index in [9.17, 15) is 0 Å². The summed E-state index contributed by atoms with van der Waals surface area (Å²) in [5, 5.41) is 0. The summed E-state index contributed by atoms with van der Waals surface area (Å²) >= 11 is 0. The average molecular weight is 285 g/mol. The molecule has 0 N–H and O–H groups in total. The van der Waals surface area contributed by atoms with E-state index in [0.717, 1.165) is 11.3 Å². The molecule has 79 valence electrons. The molecule has 1 nitrogen and oxygen atoms in total. The average Bonchev–Trinajstić information content (AvgIpc) is 2.21. The summed E-state index contributed by atoms with van der Waals surface area (Å²) in [5.41, 5.74) is 2.01. The summed E-state index contributed by atoms with van der Waals surface area (Å²) in [6.07, 6.45) is 1.79. The van der Waals surface area contributed by atoms with Crippen LogP contribution in [0.4, 0.5) is 0 Å². The Balaban J connectivity index is 0. The monoisotopic (exact) mass is 286 g/mol. The maximum atomic E-state index is 4.22. The summed E-state index contributed by atoms with van der Waals surface area (Å²) in [5.74, 6) is 0. The van der Waals surface area contributed by atoms with Gasteiger partial charge in [-0.3, -0.25) is 0 Å². The summed E-state index contributed by atoms with van der Waals surface area (Å²) in [7, 11) is 0. The van der Waals surface area contributed by atoms with Gasteiger partial charge in [-0.2, -0.15) is 0 Å². The third-order valence-electron chi connectivity index (χ3n) is 1.65. The van der Waals surface area contributed by atoms with Crippen LogP contribution in [-0.2, 0) is 19.5 Å². The van der Waals surface area contributed by atoms with Crippen molar-refractivity contribution in [3.05, 3.63) is 69.6 Å². The van der Waals surface area contributed by atoms with Gasteiger partial charge in [0, 0.05) is 6.20 Å². The molecule has 1 heterocycles. The molecule has 0 aliphatic heterocycles. The van der Waals surface area contributed by atoms with Crippen LogP contribution in [0.3, 0.4) is 0 Å². The molecule has 0 atom stereocenters. The summed E-state index contributed by atoms with van der Waals surface area (Å²) in [4.78, 5) is 4.22. The number of hydrogen-bond acceptors (Lipinski definition) is 1. The smallest absolute Gasteiger partial charge is 0.358 e. The minimum absolute atomic E-state index is 0. The number of hydrogen-bond donors (Lipinski definition) is 0. The van der Waals surface area contributed by atoms with E-state index in [1.165, 1.54) is 0 Å². The van der Waals surface area contributed by atoms with Crippen molar-refractivity contribution in [1.82, 2.24) is 4.98 Å². The van der Waals surface area contributed by atoms with Crippen molar-refractivity contribution in [1.29, 1.82) is 0 Å². The van der Waals surface area contributed by atoms with Crippen LogP contribution < -0.4 is 0 Å². The molecule has 0 saturated carbocycles. The fourth-order valence-electron chi connectivity index (χ4n) is 1.07. The number of aromatic nitrogens is 1. The number of nitrogens with zero attached hydrogens (tertiary/aromatic N) is 1. The van der Waals surface area contributed by atoms with Gasteiger partial charge < -0.3 is 19.8 Å².